The van der Waals surface area contributed by atoms with Gasteiger partial charge in [0, 0.05) is 10.6 Å². The average Bonchev–Trinajstić information content (AvgIpc) is 2.93. The molecule has 0 bridgehead atoms. The van der Waals surface area contributed by atoms with E-state index >= 15 is 0 Å². The van der Waals surface area contributed by atoms with Gasteiger partial charge in [0.1, 0.15) is 6.04 Å². The SMILES string of the molecule is NC(CCSCc1nc(-c2ccc(Cl)cc2)no1)C(=O)O. The van der Waals surface area contributed by atoms with Crippen molar-refractivity contribution in [2.75, 3.05) is 5.75 Å². The predicted octanol–water partition coefficient (Wildman–Crippen LogP) is 2.43. The normalized spacial score (nSPS) is 12.3. The number of carbonyl (C=O) groups is 1. The summed E-state index contributed by atoms with van der Waals surface area (Å²) >= 11 is 7.32. The lowest BCUT2D eigenvalue weighted by Crippen LogP contribution is -2.30. The number of halogens is 1. The van der Waals surface area contributed by atoms with E-state index in [1.165, 1.54) is 11.8 Å². The summed E-state index contributed by atoms with van der Waals surface area (Å²) in [5.41, 5.74) is 6.24. The summed E-state index contributed by atoms with van der Waals surface area (Å²) in [5, 5.41) is 13.2. The van der Waals surface area contributed by atoms with Crippen LogP contribution in [-0.2, 0) is 10.5 Å². The van der Waals surface area contributed by atoms with Gasteiger partial charge in [-0.3, -0.25) is 4.79 Å². The number of aliphatic carboxylic acids is 1. The maximum atomic E-state index is 10.6. The molecule has 0 aliphatic rings. The van der Waals surface area contributed by atoms with Gasteiger partial charge in [0.25, 0.3) is 0 Å². The molecule has 0 fully saturated rings. The highest BCUT2D eigenvalue weighted by Crippen LogP contribution is 2.20. The van der Waals surface area contributed by atoms with Crippen molar-refractivity contribution in [1.82, 2.24) is 10.1 Å². The number of carboxylic acid groups (broad SMARTS) is 1. The molecule has 0 saturated heterocycles. The van der Waals surface area contributed by atoms with Gasteiger partial charge in [0.05, 0.1) is 5.75 Å². The lowest BCUT2D eigenvalue weighted by Gasteiger charge is -2.03. The molecule has 0 aliphatic heterocycles. The van der Waals surface area contributed by atoms with Crippen LogP contribution < -0.4 is 5.73 Å². The van der Waals surface area contributed by atoms with E-state index in [1.807, 2.05) is 12.1 Å². The summed E-state index contributed by atoms with van der Waals surface area (Å²) in [5.74, 6) is 1.15. The number of benzene rings is 1. The fourth-order valence-electron chi connectivity index (χ4n) is 1.52. The van der Waals surface area contributed by atoms with Crippen molar-refractivity contribution in [2.24, 2.45) is 5.73 Å². The minimum absolute atomic E-state index is 0.401. The van der Waals surface area contributed by atoms with Crippen molar-refractivity contribution in [1.29, 1.82) is 0 Å². The van der Waals surface area contributed by atoms with E-state index in [9.17, 15) is 4.79 Å². The molecule has 1 atom stereocenters. The van der Waals surface area contributed by atoms with Gasteiger partial charge in [-0.05, 0) is 36.4 Å². The van der Waals surface area contributed by atoms with E-state index in [4.69, 9.17) is 27.0 Å². The molecule has 21 heavy (non-hydrogen) atoms. The summed E-state index contributed by atoms with van der Waals surface area (Å²) in [6, 6.07) is 6.32. The molecule has 1 aromatic heterocycles. The van der Waals surface area contributed by atoms with Crippen molar-refractivity contribution in [3.8, 4) is 11.4 Å². The first kappa shape index (κ1) is 15.8. The molecule has 6 nitrogen and oxygen atoms in total. The Morgan fingerprint density at radius 1 is 1.43 bits per heavy atom. The molecule has 0 spiro atoms. The molecule has 8 heteroatoms. The first-order valence-corrected chi connectivity index (χ1v) is 7.74. The van der Waals surface area contributed by atoms with Crippen molar-refractivity contribution in [3.63, 3.8) is 0 Å². The van der Waals surface area contributed by atoms with Gasteiger partial charge in [-0.1, -0.05) is 16.8 Å². The third-order valence-electron chi connectivity index (χ3n) is 2.69. The fourth-order valence-corrected chi connectivity index (χ4v) is 2.51. The minimum Gasteiger partial charge on any atom is -0.480 e. The zero-order valence-electron chi connectivity index (χ0n) is 11.0. The summed E-state index contributed by atoms with van der Waals surface area (Å²) in [7, 11) is 0. The van der Waals surface area contributed by atoms with E-state index in [0.717, 1.165) is 5.56 Å². The quantitative estimate of drug-likeness (QED) is 0.753. The Bertz CT molecular complexity index is 603. The summed E-state index contributed by atoms with van der Waals surface area (Å²) in [6.45, 7) is 0. The first-order chi connectivity index (χ1) is 10.1. The van der Waals surface area contributed by atoms with Gasteiger partial charge < -0.3 is 15.4 Å². The Balaban J connectivity index is 1.83. The number of rotatable bonds is 7. The van der Waals surface area contributed by atoms with Crippen molar-refractivity contribution < 1.29 is 14.4 Å². The van der Waals surface area contributed by atoms with E-state index in [-0.39, 0.29) is 0 Å². The number of hydrogen-bond donors (Lipinski definition) is 2. The molecular formula is C13H14ClN3O3S. The second-order valence-corrected chi connectivity index (χ2v) is 5.85. The van der Waals surface area contributed by atoms with Crippen LogP contribution in [0.4, 0.5) is 0 Å². The maximum Gasteiger partial charge on any atom is 0.320 e. The molecule has 1 heterocycles. The van der Waals surface area contributed by atoms with Crippen molar-refractivity contribution in [3.05, 3.63) is 35.2 Å². The van der Waals surface area contributed by atoms with Crippen LogP contribution in [0.25, 0.3) is 11.4 Å². The van der Waals surface area contributed by atoms with E-state index in [0.29, 0.717) is 34.7 Å². The number of thioether (sulfide) groups is 1. The Morgan fingerprint density at radius 2 is 2.14 bits per heavy atom. The molecular weight excluding hydrogens is 314 g/mol. The van der Waals surface area contributed by atoms with Gasteiger partial charge in [-0.15, -0.1) is 0 Å². The minimum atomic E-state index is -0.988. The van der Waals surface area contributed by atoms with E-state index in [1.54, 1.807) is 12.1 Å². The van der Waals surface area contributed by atoms with Crippen LogP contribution in [0.2, 0.25) is 5.02 Å². The van der Waals surface area contributed by atoms with Crippen LogP contribution >= 0.6 is 23.4 Å². The largest absolute Gasteiger partial charge is 0.480 e. The Hall–Kier alpha value is -1.57. The Kier molecular flexibility index (Phi) is 5.60. The van der Waals surface area contributed by atoms with E-state index in [2.05, 4.69) is 10.1 Å². The fraction of sp³-hybridized carbons (Fsp3) is 0.308. The highest BCUT2D eigenvalue weighted by atomic mass is 35.5. The molecule has 112 valence electrons. The predicted molar refractivity (Wildman–Crippen MR) is 81.1 cm³/mol. The average molecular weight is 328 g/mol. The van der Waals surface area contributed by atoms with Crippen molar-refractivity contribution >= 4 is 29.3 Å². The summed E-state index contributed by atoms with van der Waals surface area (Å²) < 4.78 is 5.14. The molecule has 1 aromatic carbocycles. The van der Waals surface area contributed by atoms with Crippen LogP contribution in [0.15, 0.2) is 28.8 Å². The zero-order chi connectivity index (χ0) is 15.2. The maximum absolute atomic E-state index is 10.6. The topological polar surface area (TPSA) is 102 Å². The van der Waals surface area contributed by atoms with E-state index < -0.39 is 12.0 Å². The summed E-state index contributed by atoms with van der Waals surface area (Å²) in [4.78, 5) is 14.8. The smallest absolute Gasteiger partial charge is 0.320 e. The molecule has 0 radical (unpaired) electrons. The number of carboxylic acids is 1. The van der Waals surface area contributed by atoms with Crippen LogP contribution in [-0.4, -0.2) is 33.0 Å². The van der Waals surface area contributed by atoms with Crippen LogP contribution in [0.3, 0.4) is 0 Å². The molecule has 0 aliphatic carbocycles. The number of hydrogen-bond acceptors (Lipinski definition) is 6. The molecule has 3 N–H and O–H groups in total. The van der Waals surface area contributed by atoms with Gasteiger partial charge in [-0.25, -0.2) is 0 Å². The standard InChI is InChI=1S/C13H14ClN3O3S/c14-9-3-1-8(2-4-9)12-16-11(20-17-12)7-21-6-5-10(15)13(18)19/h1-4,10H,5-7,15H2,(H,18,19). The molecule has 1 unspecified atom stereocenters. The zero-order valence-corrected chi connectivity index (χ0v) is 12.6. The lowest BCUT2D eigenvalue weighted by atomic mass is 10.2. The second kappa shape index (κ2) is 7.44. The van der Waals surface area contributed by atoms with Gasteiger partial charge >= 0.3 is 5.97 Å². The molecule has 2 rings (SSSR count). The first-order valence-electron chi connectivity index (χ1n) is 6.21. The molecule has 0 amide bonds. The molecule has 0 saturated carbocycles. The van der Waals surface area contributed by atoms with Crippen LogP contribution in [0, 0.1) is 0 Å². The highest BCUT2D eigenvalue weighted by Gasteiger charge is 2.12. The Labute approximate surface area is 130 Å². The van der Waals surface area contributed by atoms with Crippen LogP contribution in [0.1, 0.15) is 12.3 Å². The Morgan fingerprint density at radius 3 is 2.81 bits per heavy atom. The molecule has 2 aromatic rings. The third-order valence-corrected chi connectivity index (χ3v) is 3.91. The van der Waals surface area contributed by atoms with Gasteiger partial charge in [0.2, 0.25) is 11.7 Å². The number of nitrogens with zero attached hydrogens (tertiary/aromatic N) is 2. The number of aromatic nitrogens is 2. The number of nitrogens with two attached hydrogens (primary N) is 1. The highest BCUT2D eigenvalue weighted by molar-refractivity contribution is 7.98. The third kappa shape index (κ3) is 4.73. The van der Waals surface area contributed by atoms with Gasteiger partial charge in [-0.2, -0.15) is 16.7 Å². The summed E-state index contributed by atoms with van der Waals surface area (Å²) in [6.07, 6.45) is 0.401. The monoisotopic (exact) mass is 327 g/mol. The lowest BCUT2D eigenvalue weighted by molar-refractivity contribution is -0.138. The van der Waals surface area contributed by atoms with Gasteiger partial charge in [0.15, 0.2) is 0 Å². The second-order valence-electron chi connectivity index (χ2n) is 4.30. The van der Waals surface area contributed by atoms with Crippen molar-refractivity contribution in [2.45, 2.75) is 18.2 Å². The van der Waals surface area contributed by atoms with Crippen LogP contribution in [0.5, 0.6) is 0 Å².